The minimum atomic E-state index is -3.69. The van der Waals surface area contributed by atoms with Crippen LogP contribution in [0, 0.1) is 5.41 Å². The van der Waals surface area contributed by atoms with Gasteiger partial charge >= 0.3 is 0 Å². The van der Waals surface area contributed by atoms with Gasteiger partial charge in [0, 0.05) is 6.54 Å². The van der Waals surface area contributed by atoms with E-state index in [1.165, 1.54) is 12.1 Å². The lowest BCUT2D eigenvalue weighted by molar-refractivity contribution is -0.129. The predicted molar refractivity (Wildman–Crippen MR) is 80.0 cm³/mol. The van der Waals surface area contributed by atoms with Crippen LogP contribution in [0.1, 0.15) is 31.9 Å². The molecule has 1 aromatic carbocycles. The maximum Gasteiger partial charge on any atom is 0.238 e. The molecule has 0 aliphatic carbocycles. The van der Waals surface area contributed by atoms with Crippen molar-refractivity contribution in [3.8, 4) is 0 Å². The SMILES string of the molecule is CC(NC(=O)C1(C)CCNC1)c1ccc(S(N)(=O)=O)cc1. The second kappa shape index (κ2) is 5.75. The zero-order chi connectivity index (χ0) is 15.7. The van der Waals surface area contributed by atoms with Crippen molar-refractivity contribution in [3.05, 3.63) is 29.8 Å². The molecule has 0 bridgehead atoms. The summed E-state index contributed by atoms with van der Waals surface area (Å²) in [5.74, 6) is 0.00974. The van der Waals surface area contributed by atoms with Crippen LogP contribution in [-0.4, -0.2) is 27.4 Å². The molecule has 1 aliphatic heterocycles. The topological polar surface area (TPSA) is 101 Å². The average Bonchev–Trinajstić information content (AvgIpc) is 2.86. The third-order valence-corrected chi connectivity index (χ3v) is 4.90. The van der Waals surface area contributed by atoms with E-state index in [1.54, 1.807) is 12.1 Å². The number of sulfonamides is 1. The van der Waals surface area contributed by atoms with Gasteiger partial charge in [-0.15, -0.1) is 0 Å². The molecule has 0 radical (unpaired) electrons. The Morgan fingerprint density at radius 3 is 2.48 bits per heavy atom. The molecule has 116 valence electrons. The van der Waals surface area contributed by atoms with Gasteiger partial charge in [-0.1, -0.05) is 12.1 Å². The Morgan fingerprint density at radius 2 is 2.00 bits per heavy atom. The summed E-state index contributed by atoms with van der Waals surface area (Å²) < 4.78 is 22.4. The molecule has 0 spiro atoms. The van der Waals surface area contributed by atoms with Crippen LogP contribution in [0.15, 0.2) is 29.2 Å². The van der Waals surface area contributed by atoms with Crippen molar-refractivity contribution in [2.45, 2.75) is 31.2 Å². The average molecular weight is 311 g/mol. The Hall–Kier alpha value is -1.44. The van der Waals surface area contributed by atoms with Crippen LogP contribution in [-0.2, 0) is 14.8 Å². The molecule has 2 atom stereocenters. The molecule has 1 aliphatic rings. The predicted octanol–water partition coefficient (Wildman–Crippen LogP) is 0.511. The van der Waals surface area contributed by atoms with Crippen molar-refractivity contribution in [2.24, 2.45) is 10.6 Å². The Labute approximate surface area is 125 Å². The van der Waals surface area contributed by atoms with E-state index in [-0.39, 0.29) is 22.3 Å². The summed E-state index contributed by atoms with van der Waals surface area (Å²) in [7, 11) is -3.69. The normalized spacial score (nSPS) is 23.8. The van der Waals surface area contributed by atoms with Crippen LogP contribution in [0.5, 0.6) is 0 Å². The van der Waals surface area contributed by atoms with E-state index >= 15 is 0 Å². The van der Waals surface area contributed by atoms with Crippen molar-refractivity contribution >= 4 is 15.9 Å². The fourth-order valence-electron chi connectivity index (χ4n) is 2.41. The number of carbonyl (C=O) groups excluding carboxylic acids is 1. The van der Waals surface area contributed by atoms with E-state index in [4.69, 9.17) is 5.14 Å². The molecule has 2 rings (SSSR count). The molecule has 1 saturated heterocycles. The van der Waals surface area contributed by atoms with Crippen molar-refractivity contribution in [3.63, 3.8) is 0 Å². The highest BCUT2D eigenvalue weighted by Gasteiger charge is 2.36. The number of amides is 1. The van der Waals surface area contributed by atoms with Crippen molar-refractivity contribution in [2.75, 3.05) is 13.1 Å². The van der Waals surface area contributed by atoms with E-state index in [0.717, 1.165) is 18.5 Å². The van der Waals surface area contributed by atoms with E-state index in [2.05, 4.69) is 10.6 Å². The quantitative estimate of drug-likeness (QED) is 0.754. The van der Waals surface area contributed by atoms with Gasteiger partial charge in [-0.3, -0.25) is 4.79 Å². The van der Waals surface area contributed by atoms with Gasteiger partial charge in [-0.05, 0) is 44.5 Å². The van der Waals surface area contributed by atoms with Crippen LogP contribution in [0.2, 0.25) is 0 Å². The van der Waals surface area contributed by atoms with E-state index in [1.807, 2.05) is 13.8 Å². The zero-order valence-electron chi connectivity index (χ0n) is 12.2. The van der Waals surface area contributed by atoms with Gasteiger partial charge in [0.1, 0.15) is 0 Å². The number of hydrogen-bond donors (Lipinski definition) is 3. The lowest BCUT2D eigenvalue weighted by Gasteiger charge is -2.24. The maximum atomic E-state index is 12.3. The van der Waals surface area contributed by atoms with Crippen LogP contribution in [0.25, 0.3) is 0 Å². The fraction of sp³-hybridized carbons (Fsp3) is 0.500. The molecule has 1 fully saturated rings. The first-order valence-corrected chi connectivity index (χ1v) is 8.41. The minimum Gasteiger partial charge on any atom is -0.349 e. The van der Waals surface area contributed by atoms with Gasteiger partial charge in [0.15, 0.2) is 0 Å². The summed E-state index contributed by atoms with van der Waals surface area (Å²) in [6.07, 6.45) is 0.815. The number of hydrogen-bond acceptors (Lipinski definition) is 4. The second-order valence-corrected chi connectivity index (χ2v) is 7.36. The Morgan fingerprint density at radius 1 is 1.38 bits per heavy atom. The third-order valence-electron chi connectivity index (χ3n) is 3.97. The Bertz CT molecular complexity index is 619. The summed E-state index contributed by atoms with van der Waals surface area (Å²) in [6, 6.07) is 6.04. The summed E-state index contributed by atoms with van der Waals surface area (Å²) in [5, 5.41) is 11.2. The molecule has 1 heterocycles. The largest absolute Gasteiger partial charge is 0.349 e. The molecule has 21 heavy (non-hydrogen) atoms. The smallest absolute Gasteiger partial charge is 0.238 e. The van der Waals surface area contributed by atoms with Crippen molar-refractivity contribution in [1.29, 1.82) is 0 Å². The Balaban J connectivity index is 2.06. The highest BCUT2D eigenvalue weighted by atomic mass is 32.2. The summed E-state index contributed by atoms with van der Waals surface area (Å²) in [5.41, 5.74) is 0.458. The second-order valence-electron chi connectivity index (χ2n) is 5.80. The molecule has 6 nitrogen and oxygen atoms in total. The fourth-order valence-corrected chi connectivity index (χ4v) is 2.93. The lowest BCUT2D eigenvalue weighted by Crippen LogP contribution is -2.41. The molecular weight excluding hydrogens is 290 g/mol. The number of primary sulfonamides is 1. The van der Waals surface area contributed by atoms with Gasteiger partial charge < -0.3 is 10.6 Å². The van der Waals surface area contributed by atoms with Gasteiger partial charge in [0.2, 0.25) is 15.9 Å². The lowest BCUT2D eigenvalue weighted by atomic mass is 9.88. The first-order valence-electron chi connectivity index (χ1n) is 6.87. The van der Waals surface area contributed by atoms with E-state index < -0.39 is 10.0 Å². The first-order chi connectivity index (χ1) is 9.72. The molecule has 1 aromatic rings. The number of benzene rings is 1. The molecule has 7 heteroatoms. The highest BCUT2D eigenvalue weighted by molar-refractivity contribution is 7.89. The van der Waals surface area contributed by atoms with Crippen LogP contribution >= 0.6 is 0 Å². The third kappa shape index (κ3) is 3.61. The number of carbonyl (C=O) groups is 1. The standard InChI is InChI=1S/C14H21N3O3S/c1-10(17-13(18)14(2)7-8-16-9-14)11-3-5-12(6-4-11)21(15,19)20/h3-6,10,16H,7-9H2,1-2H3,(H,17,18)(H2,15,19,20). The molecule has 4 N–H and O–H groups in total. The molecule has 1 amide bonds. The van der Waals surface area contributed by atoms with Crippen LogP contribution in [0.3, 0.4) is 0 Å². The molecular formula is C14H21N3O3S. The van der Waals surface area contributed by atoms with Gasteiger partial charge in [0.05, 0.1) is 16.4 Å². The Kier molecular flexibility index (Phi) is 4.36. The van der Waals surface area contributed by atoms with Gasteiger partial charge in [-0.25, -0.2) is 13.6 Å². The molecule has 2 unspecified atom stereocenters. The molecule has 0 saturated carbocycles. The van der Waals surface area contributed by atoms with Crippen molar-refractivity contribution < 1.29 is 13.2 Å². The molecule has 0 aromatic heterocycles. The van der Waals surface area contributed by atoms with Gasteiger partial charge in [0.25, 0.3) is 0 Å². The first kappa shape index (κ1) is 15.9. The monoisotopic (exact) mass is 311 g/mol. The maximum absolute atomic E-state index is 12.3. The summed E-state index contributed by atoms with van der Waals surface area (Å²) >= 11 is 0. The number of nitrogens with two attached hydrogens (primary N) is 1. The zero-order valence-corrected chi connectivity index (χ0v) is 13.0. The number of nitrogens with one attached hydrogen (secondary N) is 2. The van der Waals surface area contributed by atoms with Gasteiger partial charge in [-0.2, -0.15) is 0 Å². The summed E-state index contributed by atoms with van der Waals surface area (Å²) in [4.78, 5) is 12.4. The minimum absolute atomic E-state index is 0.00974. The van der Waals surface area contributed by atoms with Crippen LogP contribution < -0.4 is 15.8 Å². The summed E-state index contributed by atoms with van der Waals surface area (Å²) in [6.45, 7) is 5.34. The number of rotatable bonds is 4. The van der Waals surface area contributed by atoms with E-state index in [9.17, 15) is 13.2 Å². The van der Waals surface area contributed by atoms with Crippen LogP contribution in [0.4, 0.5) is 0 Å². The van der Waals surface area contributed by atoms with E-state index in [0.29, 0.717) is 6.54 Å². The van der Waals surface area contributed by atoms with Crippen molar-refractivity contribution in [1.82, 2.24) is 10.6 Å². The highest BCUT2D eigenvalue weighted by Crippen LogP contribution is 2.26.